The van der Waals surface area contributed by atoms with Gasteiger partial charge in [0.15, 0.2) is 8.68 Å². The van der Waals surface area contributed by atoms with E-state index in [1.165, 1.54) is 23.1 Å². The van der Waals surface area contributed by atoms with E-state index in [0.29, 0.717) is 5.01 Å². The molecule has 3 rings (SSSR count). The summed E-state index contributed by atoms with van der Waals surface area (Å²) in [7, 11) is 0. The number of nitrogens with two attached hydrogens (primary N) is 1. The van der Waals surface area contributed by atoms with E-state index in [9.17, 15) is 4.79 Å². The quantitative estimate of drug-likeness (QED) is 0.776. The number of rotatable bonds is 5. The van der Waals surface area contributed by atoms with Crippen molar-refractivity contribution in [1.29, 1.82) is 0 Å². The van der Waals surface area contributed by atoms with E-state index in [-0.39, 0.29) is 6.42 Å². The van der Waals surface area contributed by atoms with E-state index in [1.807, 2.05) is 35.7 Å². The first-order chi connectivity index (χ1) is 10.2. The molecule has 5 nitrogen and oxygen atoms in total. The van der Waals surface area contributed by atoms with Crippen molar-refractivity contribution in [3.05, 3.63) is 40.7 Å². The van der Waals surface area contributed by atoms with Crippen LogP contribution in [-0.4, -0.2) is 21.1 Å². The number of primary amides is 1. The summed E-state index contributed by atoms with van der Waals surface area (Å²) < 4.78 is 1.66. The fourth-order valence-electron chi connectivity index (χ4n) is 1.62. The fourth-order valence-corrected chi connectivity index (χ4v) is 4.55. The summed E-state index contributed by atoms with van der Waals surface area (Å²) in [4.78, 5) is 15.4. The molecule has 0 bridgehead atoms. The van der Waals surface area contributed by atoms with E-state index in [2.05, 4.69) is 15.2 Å². The van der Waals surface area contributed by atoms with Crippen LogP contribution in [0, 0.1) is 0 Å². The molecule has 0 unspecified atom stereocenters. The molecule has 21 heavy (non-hydrogen) atoms. The van der Waals surface area contributed by atoms with Crippen LogP contribution in [0.5, 0.6) is 0 Å². The van der Waals surface area contributed by atoms with Crippen molar-refractivity contribution in [2.45, 2.75) is 15.1 Å². The molecule has 0 spiro atoms. The Morgan fingerprint density at radius 1 is 1.19 bits per heavy atom. The molecule has 0 saturated heterocycles. The van der Waals surface area contributed by atoms with Crippen LogP contribution in [0.2, 0.25) is 0 Å². The molecule has 3 aromatic rings. The Bertz CT molecular complexity index is 754. The van der Waals surface area contributed by atoms with Crippen molar-refractivity contribution in [3.63, 3.8) is 0 Å². The van der Waals surface area contributed by atoms with E-state index in [1.54, 1.807) is 11.3 Å². The topological polar surface area (TPSA) is 81.8 Å². The first kappa shape index (κ1) is 14.2. The predicted molar refractivity (Wildman–Crippen MR) is 84.5 cm³/mol. The first-order valence-corrected chi connectivity index (χ1v) is 8.51. The molecule has 1 aromatic carbocycles. The normalized spacial score (nSPS) is 10.7. The zero-order valence-corrected chi connectivity index (χ0v) is 13.2. The smallest absolute Gasteiger partial charge is 0.224 e. The first-order valence-electron chi connectivity index (χ1n) is 6.00. The Hall–Kier alpha value is -1.77. The number of nitrogens with zero attached hydrogens (tertiary/aromatic N) is 3. The molecule has 0 aliphatic heterocycles. The van der Waals surface area contributed by atoms with Crippen LogP contribution in [0.1, 0.15) is 5.01 Å². The minimum absolute atomic E-state index is 0.130. The molecule has 0 saturated carbocycles. The maximum Gasteiger partial charge on any atom is 0.224 e. The van der Waals surface area contributed by atoms with Gasteiger partial charge in [0, 0.05) is 10.9 Å². The summed E-state index contributed by atoms with van der Waals surface area (Å²) in [6.07, 6.45) is 0.130. The molecule has 106 valence electrons. The number of benzene rings is 1. The number of hydrogen-bond acceptors (Lipinski definition) is 7. The highest BCUT2D eigenvalue weighted by Gasteiger charge is 2.11. The van der Waals surface area contributed by atoms with Crippen molar-refractivity contribution in [1.82, 2.24) is 15.2 Å². The molecule has 0 aliphatic carbocycles. The van der Waals surface area contributed by atoms with Crippen LogP contribution in [0.25, 0.3) is 11.3 Å². The zero-order chi connectivity index (χ0) is 14.7. The second-order valence-corrected chi connectivity index (χ2v) is 7.49. The van der Waals surface area contributed by atoms with Crippen LogP contribution < -0.4 is 5.73 Å². The fraction of sp³-hybridized carbons (Fsp3) is 0.0769. The van der Waals surface area contributed by atoms with Crippen molar-refractivity contribution in [2.75, 3.05) is 0 Å². The number of carbonyl (C=O) groups excluding carboxylic acids is 1. The highest BCUT2D eigenvalue weighted by Crippen LogP contribution is 2.34. The maximum atomic E-state index is 10.8. The maximum absolute atomic E-state index is 10.8. The summed E-state index contributed by atoms with van der Waals surface area (Å²) in [5.74, 6) is -0.400. The zero-order valence-electron chi connectivity index (χ0n) is 10.7. The number of carbonyl (C=O) groups is 1. The number of amides is 1. The van der Waals surface area contributed by atoms with Gasteiger partial charge >= 0.3 is 0 Å². The van der Waals surface area contributed by atoms with Gasteiger partial charge in [0.1, 0.15) is 5.01 Å². The molecular weight excluding hydrogens is 324 g/mol. The SMILES string of the molecule is NC(=O)Cc1nnc(Sc2nc(-c3ccccc3)cs2)s1. The second-order valence-electron chi connectivity index (χ2n) is 4.07. The summed E-state index contributed by atoms with van der Waals surface area (Å²) in [5.41, 5.74) is 7.18. The van der Waals surface area contributed by atoms with Gasteiger partial charge < -0.3 is 5.73 Å². The van der Waals surface area contributed by atoms with Gasteiger partial charge in [-0.25, -0.2) is 4.98 Å². The third-order valence-corrected chi connectivity index (χ3v) is 5.41. The molecule has 2 aromatic heterocycles. The Labute approximate surface area is 133 Å². The minimum atomic E-state index is -0.400. The summed E-state index contributed by atoms with van der Waals surface area (Å²) in [6, 6.07) is 10.0. The van der Waals surface area contributed by atoms with Crippen LogP contribution in [0.15, 0.2) is 44.4 Å². The molecule has 0 fully saturated rings. The highest BCUT2D eigenvalue weighted by atomic mass is 32.2. The van der Waals surface area contributed by atoms with Crippen LogP contribution in [0.3, 0.4) is 0 Å². The average Bonchev–Trinajstić information content (AvgIpc) is 3.09. The minimum Gasteiger partial charge on any atom is -0.369 e. The van der Waals surface area contributed by atoms with Gasteiger partial charge in [-0.05, 0) is 11.8 Å². The molecule has 0 aliphatic rings. The van der Waals surface area contributed by atoms with Crippen molar-refractivity contribution < 1.29 is 4.79 Å². The average molecular weight is 334 g/mol. The Kier molecular flexibility index (Phi) is 4.28. The number of thiazole rings is 1. The van der Waals surface area contributed by atoms with Gasteiger partial charge in [-0.1, -0.05) is 41.7 Å². The molecule has 2 heterocycles. The Morgan fingerprint density at radius 3 is 2.76 bits per heavy atom. The van der Waals surface area contributed by atoms with Gasteiger partial charge in [0.05, 0.1) is 12.1 Å². The lowest BCUT2D eigenvalue weighted by Gasteiger charge is -1.93. The standard InChI is InChI=1S/C13H10N4OS3/c14-10(18)6-11-16-17-13(20-11)21-12-15-9(7-19-12)8-4-2-1-3-5-8/h1-5,7H,6H2,(H2,14,18). The molecule has 2 N–H and O–H groups in total. The third kappa shape index (κ3) is 3.66. The molecular formula is C13H10N4OS3. The Morgan fingerprint density at radius 2 is 2.00 bits per heavy atom. The number of hydrogen-bond donors (Lipinski definition) is 1. The van der Waals surface area contributed by atoms with Gasteiger partial charge in [0.2, 0.25) is 5.91 Å². The molecule has 0 radical (unpaired) electrons. The van der Waals surface area contributed by atoms with Crippen molar-refractivity contribution in [2.24, 2.45) is 5.73 Å². The lowest BCUT2D eigenvalue weighted by atomic mass is 10.2. The van der Waals surface area contributed by atoms with E-state index >= 15 is 0 Å². The highest BCUT2D eigenvalue weighted by molar-refractivity contribution is 8.02. The second kappa shape index (κ2) is 6.33. The van der Waals surface area contributed by atoms with E-state index in [4.69, 9.17) is 5.73 Å². The molecule has 1 amide bonds. The van der Waals surface area contributed by atoms with Gasteiger partial charge in [-0.2, -0.15) is 0 Å². The van der Waals surface area contributed by atoms with Gasteiger partial charge in [0.25, 0.3) is 0 Å². The summed E-state index contributed by atoms with van der Waals surface area (Å²) >= 11 is 4.38. The predicted octanol–water partition coefficient (Wildman–Crippen LogP) is 2.84. The number of aromatic nitrogens is 3. The summed E-state index contributed by atoms with van der Waals surface area (Å²) in [5, 5.41) is 10.6. The lowest BCUT2D eigenvalue weighted by molar-refractivity contribution is -0.117. The monoisotopic (exact) mass is 334 g/mol. The largest absolute Gasteiger partial charge is 0.369 e. The lowest BCUT2D eigenvalue weighted by Crippen LogP contribution is -2.13. The third-order valence-electron chi connectivity index (χ3n) is 2.50. The summed E-state index contributed by atoms with van der Waals surface area (Å²) in [6.45, 7) is 0. The Balaban J connectivity index is 1.73. The van der Waals surface area contributed by atoms with Crippen LogP contribution in [-0.2, 0) is 11.2 Å². The molecule has 0 atom stereocenters. The van der Waals surface area contributed by atoms with Crippen LogP contribution >= 0.6 is 34.4 Å². The van der Waals surface area contributed by atoms with E-state index < -0.39 is 5.91 Å². The molecule has 8 heteroatoms. The van der Waals surface area contributed by atoms with Gasteiger partial charge in [-0.15, -0.1) is 21.5 Å². The van der Waals surface area contributed by atoms with Gasteiger partial charge in [-0.3, -0.25) is 4.79 Å². The van der Waals surface area contributed by atoms with Crippen LogP contribution in [0.4, 0.5) is 0 Å². The van der Waals surface area contributed by atoms with E-state index in [0.717, 1.165) is 19.9 Å². The van der Waals surface area contributed by atoms with Crippen molar-refractivity contribution >= 4 is 40.3 Å². The van der Waals surface area contributed by atoms with Crippen molar-refractivity contribution in [3.8, 4) is 11.3 Å².